The monoisotopic (exact) mass is 700 g/mol. The maximum Gasteiger partial charge on any atom is 0.147 e. The van der Waals surface area contributed by atoms with Gasteiger partial charge in [-0.2, -0.15) is 20.1 Å². The summed E-state index contributed by atoms with van der Waals surface area (Å²) < 4.78 is 4.02. The van der Waals surface area contributed by atoms with Gasteiger partial charge < -0.3 is 29.0 Å². The molecule has 5 heterocycles. The Kier molecular flexibility index (Phi) is 18.5. The summed E-state index contributed by atoms with van der Waals surface area (Å²) in [5.74, 6) is 2.62. The Morgan fingerprint density at radius 3 is 1.91 bits per heavy atom. The van der Waals surface area contributed by atoms with Crippen molar-refractivity contribution in [3.05, 3.63) is 122 Å². The molecule has 0 bridgehead atoms. The first-order valence-electron chi connectivity index (χ1n) is 14.0. The molecular formula is C34H49N11Y-2. The van der Waals surface area contributed by atoms with Crippen LogP contribution < -0.4 is 0 Å². The minimum Gasteiger partial charge on any atom is -0.361 e. The Balaban J connectivity index is 0.000000551. The normalized spacial score (nSPS) is 9.43. The van der Waals surface area contributed by atoms with Crippen LogP contribution >= 0.6 is 0 Å². The molecule has 7 rings (SSSR count). The third-order valence-corrected chi connectivity index (χ3v) is 6.50. The van der Waals surface area contributed by atoms with E-state index in [1.165, 1.54) is 43.3 Å². The van der Waals surface area contributed by atoms with E-state index in [0.717, 1.165) is 23.2 Å². The van der Waals surface area contributed by atoms with Gasteiger partial charge in [-0.3, -0.25) is 5.10 Å². The molecule has 7 aromatic rings. The summed E-state index contributed by atoms with van der Waals surface area (Å²) in [7, 11) is 5.79. The minimum absolute atomic E-state index is 0. The summed E-state index contributed by atoms with van der Waals surface area (Å²) in [6.45, 7) is 13.9. The van der Waals surface area contributed by atoms with Crippen molar-refractivity contribution < 1.29 is 32.7 Å². The molecule has 0 aliphatic carbocycles. The Labute approximate surface area is 299 Å². The van der Waals surface area contributed by atoms with E-state index in [9.17, 15) is 0 Å². The number of para-hydroxylation sites is 1. The molecule has 0 saturated heterocycles. The molecule has 1 radical (unpaired) electrons. The van der Waals surface area contributed by atoms with Gasteiger partial charge >= 0.3 is 0 Å². The summed E-state index contributed by atoms with van der Waals surface area (Å²) >= 11 is 0. The molecule has 0 aliphatic heterocycles. The van der Waals surface area contributed by atoms with Gasteiger partial charge in [0.05, 0.1) is 11.9 Å². The van der Waals surface area contributed by atoms with Crippen molar-refractivity contribution in [1.29, 1.82) is 0 Å². The standard InChI is InChI=1S/2C10H11N.3C4H7N3.2CH3.Y/c1-7-3-4-10-9(5-7)8(2)6-11-10;1-8-7-11(2)10-6-4-3-5-9(8)10;1-4-6-5-3-7(4)2;1-4-3-5-7(2)6-4;1-3-5-4(2)7-6-3;;;/h3-6,11H,1-2H3;3-7H,1-2H3;2*3H,1-2H3;1-2H3,(H,5,6,7);2*1H3;/q;;;;;2*-1;. The van der Waals surface area contributed by atoms with E-state index < -0.39 is 0 Å². The van der Waals surface area contributed by atoms with E-state index in [4.69, 9.17) is 0 Å². The average molecular weight is 701 g/mol. The van der Waals surface area contributed by atoms with E-state index in [1.54, 1.807) is 19.6 Å². The molecular weight excluding hydrogens is 651 g/mol. The van der Waals surface area contributed by atoms with Crippen LogP contribution in [-0.2, 0) is 53.9 Å². The average Bonchev–Trinajstić information content (AvgIpc) is 3.79. The van der Waals surface area contributed by atoms with Crippen molar-refractivity contribution in [2.75, 3.05) is 0 Å². The van der Waals surface area contributed by atoms with Gasteiger partial charge in [-0.1, -0.05) is 29.8 Å². The molecule has 2 N–H and O–H groups in total. The van der Waals surface area contributed by atoms with E-state index in [2.05, 4.69) is 122 Å². The molecule has 2 aromatic carbocycles. The number of aromatic nitrogens is 11. The van der Waals surface area contributed by atoms with Gasteiger partial charge in [0.2, 0.25) is 0 Å². The predicted molar refractivity (Wildman–Crippen MR) is 186 cm³/mol. The second-order valence-electron chi connectivity index (χ2n) is 10.4. The number of hydrogen-bond acceptors (Lipinski definition) is 6. The van der Waals surface area contributed by atoms with Crippen LogP contribution in [0.1, 0.15) is 39.9 Å². The van der Waals surface area contributed by atoms with Crippen molar-refractivity contribution in [2.24, 2.45) is 21.1 Å². The summed E-state index contributed by atoms with van der Waals surface area (Å²) in [6.07, 6.45) is 7.60. The van der Waals surface area contributed by atoms with Crippen LogP contribution in [0.3, 0.4) is 0 Å². The number of fused-ring (bicyclic) bond motifs is 2. The fraction of sp³-hybridized carbons (Fsp3) is 0.294. The number of rotatable bonds is 0. The third-order valence-electron chi connectivity index (χ3n) is 6.50. The zero-order valence-electron chi connectivity index (χ0n) is 29.5. The van der Waals surface area contributed by atoms with Gasteiger partial charge in [-0.25, -0.2) is 4.98 Å². The van der Waals surface area contributed by atoms with Crippen LogP contribution in [-0.4, -0.2) is 54.5 Å². The van der Waals surface area contributed by atoms with Gasteiger partial charge in [0.15, 0.2) is 0 Å². The molecule has 0 fully saturated rings. The van der Waals surface area contributed by atoms with Crippen LogP contribution in [0.15, 0.2) is 67.4 Å². The van der Waals surface area contributed by atoms with E-state index in [-0.39, 0.29) is 47.6 Å². The van der Waals surface area contributed by atoms with E-state index in [0.29, 0.717) is 0 Å². The molecule has 0 unspecified atom stereocenters. The zero-order chi connectivity index (χ0) is 31.5. The second kappa shape index (κ2) is 20.2. The molecule has 5 aromatic heterocycles. The molecule has 11 nitrogen and oxygen atoms in total. The Morgan fingerprint density at radius 1 is 0.783 bits per heavy atom. The van der Waals surface area contributed by atoms with Crippen molar-refractivity contribution in [2.45, 2.75) is 48.5 Å². The van der Waals surface area contributed by atoms with Crippen LogP contribution in [0, 0.1) is 63.3 Å². The first-order valence-corrected chi connectivity index (χ1v) is 14.0. The van der Waals surface area contributed by atoms with Gasteiger partial charge in [-0.05, 0) is 77.8 Å². The Morgan fingerprint density at radius 2 is 1.48 bits per heavy atom. The van der Waals surface area contributed by atoms with Crippen molar-refractivity contribution >= 4 is 21.8 Å². The molecule has 0 atom stereocenters. The Hall–Kier alpha value is -3.96. The molecule has 12 heteroatoms. The first-order chi connectivity index (χ1) is 20.4. The van der Waals surface area contributed by atoms with Crippen LogP contribution in [0.5, 0.6) is 0 Å². The largest absolute Gasteiger partial charge is 0.361 e. The van der Waals surface area contributed by atoms with Gasteiger partial charge in [-0.15, -0.1) is 10.2 Å². The number of nitrogens with zero attached hydrogens (tertiary/aromatic N) is 9. The van der Waals surface area contributed by atoms with Gasteiger partial charge in [0, 0.05) is 88.1 Å². The molecule has 0 aliphatic rings. The summed E-state index contributed by atoms with van der Waals surface area (Å²) in [4.78, 5) is 8.70. The fourth-order valence-corrected chi connectivity index (χ4v) is 4.16. The number of aryl methyl sites for hydroxylation is 10. The van der Waals surface area contributed by atoms with E-state index in [1.807, 2.05) is 45.5 Å². The van der Waals surface area contributed by atoms with Crippen molar-refractivity contribution in [3.8, 4) is 0 Å². The number of nitrogens with one attached hydrogen (secondary N) is 2. The summed E-state index contributed by atoms with van der Waals surface area (Å²) in [6, 6.07) is 14.9. The first kappa shape index (κ1) is 42.0. The van der Waals surface area contributed by atoms with E-state index >= 15 is 0 Å². The molecule has 46 heavy (non-hydrogen) atoms. The number of aromatic amines is 2. The SMILES string of the molecule is Cc1ccc2[nH]cc(C)c2c1.Cc1cn(C)c2ccccc12.Cc1cnn(C)n1.Cc1n[nH]c(C)n1.Cc1nncn1C.[CH3-].[CH3-].[Y]. The number of hydrogen-bond donors (Lipinski definition) is 2. The summed E-state index contributed by atoms with van der Waals surface area (Å²) in [5.41, 5.74) is 7.49. The third kappa shape index (κ3) is 12.8. The number of benzene rings is 2. The number of H-pyrrole nitrogens is 2. The van der Waals surface area contributed by atoms with Gasteiger partial charge in [0.25, 0.3) is 0 Å². The smallest absolute Gasteiger partial charge is 0.147 e. The minimum atomic E-state index is 0. The predicted octanol–water partition coefficient (Wildman–Crippen LogP) is 6.84. The zero-order valence-corrected chi connectivity index (χ0v) is 32.3. The van der Waals surface area contributed by atoms with Crippen molar-refractivity contribution in [3.63, 3.8) is 0 Å². The quantitative estimate of drug-likeness (QED) is 0.167. The maximum atomic E-state index is 3.94. The van der Waals surface area contributed by atoms with Crippen LogP contribution in [0.25, 0.3) is 21.8 Å². The van der Waals surface area contributed by atoms with Gasteiger partial charge in [0.1, 0.15) is 23.8 Å². The fourth-order valence-electron chi connectivity index (χ4n) is 4.16. The van der Waals surface area contributed by atoms with Crippen LogP contribution in [0.4, 0.5) is 0 Å². The summed E-state index contributed by atoms with van der Waals surface area (Å²) in [5, 5.41) is 24.3. The second-order valence-corrected chi connectivity index (χ2v) is 10.4. The van der Waals surface area contributed by atoms with Crippen LogP contribution in [0.2, 0.25) is 0 Å². The van der Waals surface area contributed by atoms with Crippen molar-refractivity contribution in [1.82, 2.24) is 54.5 Å². The molecule has 0 spiro atoms. The molecule has 245 valence electrons. The topological polar surface area (TPSA) is 124 Å². The molecule has 0 amide bonds. The maximum absolute atomic E-state index is 3.94. The molecule has 0 saturated carbocycles. The Bertz CT molecular complexity index is 1730.